The molecule has 0 radical (unpaired) electrons. The molecule has 1 aliphatic heterocycles. The van der Waals surface area contributed by atoms with Crippen LogP contribution in [0.3, 0.4) is 0 Å². The molecule has 110 valence electrons. The summed E-state index contributed by atoms with van der Waals surface area (Å²) in [4.78, 5) is 12.3. The average Bonchev–Trinajstić information content (AvgIpc) is 2.80. The predicted molar refractivity (Wildman–Crippen MR) is 82.5 cm³/mol. The Kier molecular flexibility index (Phi) is 4.54. The van der Waals surface area contributed by atoms with Gasteiger partial charge in [0, 0.05) is 5.33 Å². The first-order valence-corrected chi connectivity index (χ1v) is 9.44. The van der Waals surface area contributed by atoms with Gasteiger partial charge in [0.15, 0.2) is 9.84 Å². The van der Waals surface area contributed by atoms with Gasteiger partial charge in [-0.05, 0) is 18.9 Å². The van der Waals surface area contributed by atoms with E-state index in [1.165, 1.54) is 0 Å². The van der Waals surface area contributed by atoms with Crippen molar-refractivity contribution in [2.75, 3.05) is 16.8 Å². The maximum Gasteiger partial charge on any atom is 0.224 e. The molecule has 1 aliphatic rings. The van der Waals surface area contributed by atoms with Crippen LogP contribution in [-0.2, 0) is 20.2 Å². The Hall–Kier alpha value is -0.880. The van der Waals surface area contributed by atoms with E-state index in [-0.39, 0.29) is 17.4 Å². The van der Waals surface area contributed by atoms with Crippen molar-refractivity contribution < 1.29 is 13.2 Å². The number of amides is 1. The number of rotatable bonds is 4. The molecule has 0 spiro atoms. The molecule has 0 saturated carbocycles. The highest BCUT2D eigenvalue weighted by molar-refractivity contribution is 9.09. The summed E-state index contributed by atoms with van der Waals surface area (Å²) in [7, 11) is -3.04. The van der Waals surface area contributed by atoms with E-state index in [0.29, 0.717) is 11.8 Å². The summed E-state index contributed by atoms with van der Waals surface area (Å²) in [6.07, 6.45) is 0.418. The number of carbonyl (C=O) groups is 1. The van der Waals surface area contributed by atoms with E-state index in [4.69, 9.17) is 0 Å². The van der Waals surface area contributed by atoms with Gasteiger partial charge in [-0.1, -0.05) is 46.3 Å². The predicted octanol–water partition coefficient (Wildman–Crippen LogP) is 1.85. The van der Waals surface area contributed by atoms with Crippen molar-refractivity contribution in [2.45, 2.75) is 18.9 Å². The zero-order chi connectivity index (χ0) is 14.8. The monoisotopic (exact) mass is 359 g/mol. The standard InChI is InChI=1S/C14H18BrNO3S/c1-14(10-15,12-5-3-2-4-6-12)16-13(17)11-7-8-20(18,19)9-11/h2-6,11H,7-10H2,1H3,(H,16,17). The molecule has 0 bridgehead atoms. The van der Waals surface area contributed by atoms with Crippen LogP contribution in [0.5, 0.6) is 0 Å². The van der Waals surface area contributed by atoms with Crippen molar-refractivity contribution in [3.05, 3.63) is 35.9 Å². The van der Waals surface area contributed by atoms with Gasteiger partial charge in [0.2, 0.25) is 5.91 Å². The minimum atomic E-state index is -3.04. The van der Waals surface area contributed by atoms with Crippen molar-refractivity contribution in [3.63, 3.8) is 0 Å². The molecule has 1 saturated heterocycles. The molecule has 2 unspecified atom stereocenters. The largest absolute Gasteiger partial charge is 0.346 e. The zero-order valence-electron chi connectivity index (χ0n) is 11.3. The lowest BCUT2D eigenvalue weighted by molar-refractivity contribution is -0.125. The average molecular weight is 360 g/mol. The van der Waals surface area contributed by atoms with Crippen LogP contribution in [0.4, 0.5) is 0 Å². The number of sulfone groups is 1. The van der Waals surface area contributed by atoms with Gasteiger partial charge in [-0.15, -0.1) is 0 Å². The summed E-state index contributed by atoms with van der Waals surface area (Å²) < 4.78 is 22.9. The molecule has 1 aromatic rings. The van der Waals surface area contributed by atoms with Gasteiger partial charge in [0.05, 0.1) is 23.0 Å². The van der Waals surface area contributed by atoms with Crippen molar-refractivity contribution in [1.82, 2.24) is 5.32 Å². The van der Waals surface area contributed by atoms with Gasteiger partial charge < -0.3 is 5.32 Å². The van der Waals surface area contributed by atoms with Crippen molar-refractivity contribution in [2.24, 2.45) is 5.92 Å². The second kappa shape index (κ2) is 5.85. The summed E-state index contributed by atoms with van der Waals surface area (Å²) in [5.74, 6) is -0.535. The first kappa shape index (κ1) is 15.5. The fraction of sp³-hybridized carbons (Fsp3) is 0.500. The lowest BCUT2D eigenvalue weighted by atomic mass is 9.93. The first-order chi connectivity index (χ1) is 9.36. The van der Waals surface area contributed by atoms with E-state index in [9.17, 15) is 13.2 Å². The van der Waals surface area contributed by atoms with E-state index in [1.54, 1.807) is 0 Å². The van der Waals surface area contributed by atoms with Gasteiger partial charge in [-0.3, -0.25) is 4.79 Å². The Morgan fingerprint density at radius 3 is 2.55 bits per heavy atom. The van der Waals surface area contributed by atoms with Gasteiger partial charge >= 0.3 is 0 Å². The third kappa shape index (κ3) is 3.41. The van der Waals surface area contributed by atoms with Crippen molar-refractivity contribution in [1.29, 1.82) is 0 Å². The molecule has 2 rings (SSSR count). The van der Waals surface area contributed by atoms with Gasteiger partial charge in [-0.2, -0.15) is 0 Å². The van der Waals surface area contributed by atoms with Gasteiger partial charge in [0.25, 0.3) is 0 Å². The first-order valence-electron chi connectivity index (χ1n) is 6.50. The number of benzene rings is 1. The van der Waals surface area contributed by atoms with E-state index < -0.39 is 21.3 Å². The van der Waals surface area contributed by atoms with Crippen LogP contribution >= 0.6 is 15.9 Å². The van der Waals surface area contributed by atoms with Crippen LogP contribution in [0.15, 0.2) is 30.3 Å². The highest BCUT2D eigenvalue weighted by atomic mass is 79.9. The van der Waals surface area contributed by atoms with Crippen LogP contribution in [0.2, 0.25) is 0 Å². The summed E-state index contributed by atoms with van der Waals surface area (Å²) in [6.45, 7) is 1.93. The highest BCUT2D eigenvalue weighted by Crippen LogP contribution is 2.25. The van der Waals surface area contributed by atoms with Crippen LogP contribution < -0.4 is 5.32 Å². The Labute approximate surface area is 128 Å². The fourth-order valence-corrected chi connectivity index (χ4v) is 4.57. The molecular formula is C14H18BrNO3S. The SMILES string of the molecule is CC(CBr)(NC(=O)C1CCS(=O)(=O)C1)c1ccccc1. The topological polar surface area (TPSA) is 63.2 Å². The van der Waals surface area contributed by atoms with Crippen LogP contribution in [0.25, 0.3) is 0 Å². The molecule has 0 aliphatic carbocycles. The number of hydrogen-bond acceptors (Lipinski definition) is 3. The molecular weight excluding hydrogens is 342 g/mol. The molecule has 1 aromatic carbocycles. The number of nitrogens with one attached hydrogen (secondary N) is 1. The molecule has 1 heterocycles. The Balaban J connectivity index is 2.13. The maximum atomic E-state index is 12.3. The summed E-state index contributed by atoms with van der Waals surface area (Å²) in [5, 5.41) is 3.55. The van der Waals surface area contributed by atoms with E-state index >= 15 is 0 Å². The molecule has 2 atom stereocenters. The summed E-state index contributed by atoms with van der Waals surface area (Å²) >= 11 is 3.44. The lowest BCUT2D eigenvalue weighted by Crippen LogP contribution is -2.47. The highest BCUT2D eigenvalue weighted by Gasteiger charge is 2.36. The third-order valence-electron chi connectivity index (χ3n) is 3.68. The second-order valence-corrected chi connectivity index (χ2v) is 8.21. The van der Waals surface area contributed by atoms with Crippen molar-refractivity contribution >= 4 is 31.7 Å². The Morgan fingerprint density at radius 2 is 2.05 bits per heavy atom. The quantitative estimate of drug-likeness (QED) is 0.834. The third-order valence-corrected chi connectivity index (χ3v) is 6.57. The molecule has 1 fully saturated rings. The molecule has 1 N–H and O–H groups in total. The van der Waals surface area contributed by atoms with Gasteiger partial charge in [-0.25, -0.2) is 8.42 Å². The lowest BCUT2D eigenvalue weighted by Gasteiger charge is -2.30. The minimum Gasteiger partial charge on any atom is -0.346 e. The number of alkyl halides is 1. The smallest absolute Gasteiger partial charge is 0.224 e. The molecule has 1 amide bonds. The fourth-order valence-electron chi connectivity index (χ4n) is 2.36. The Bertz CT molecular complexity index is 588. The number of hydrogen-bond donors (Lipinski definition) is 1. The van der Waals surface area contributed by atoms with E-state index in [2.05, 4.69) is 21.2 Å². The molecule has 4 nitrogen and oxygen atoms in total. The number of halogens is 1. The maximum absolute atomic E-state index is 12.3. The summed E-state index contributed by atoms with van der Waals surface area (Å²) in [5.41, 5.74) is 0.455. The van der Waals surface area contributed by atoms with Crippen molar-refractivity contribution in [3.8, 4) is 0 Å². The number of carbonyl (C=O) groups excluding carboxylic acids is 1. The summed E-state index contributed by atoms with van der Waals surface area (Å²) in [6, 6.07) is 9.66. The van der Waals surface area contributed by atoms with Crippen LogP contribution in [-0.4, -0.2) is 31.2 Å². The molecule has 20 heavy (non-hydrogen) atoms. The van der Waals surface area contributed by atoms with E-state index in [1.807, 2.05) is 37.3 Å². The van der Waals surface area contributed by atoms with Crippen LogP contribution in [0.1, 0.15) is 18.9 Å². The van der Waals surface area contributed by atoms with Crippen LogP contribution in [0, 0.1) is 5.92 Å². The normalized spacial score (nSPS) is 24.0. The zero-order valence-corrected chi connectivity index (χ0v) is 13.7. The minimum absolute atomic E-state index is 0.0357. The molecule has 6 heteroatoms. The molecule has 0 aromatic heterocycles. The second-order valence-electron chi connectivity index (χ2n) is 5.42. The van der Waals surface area contributed by atoms with Gasteiger partial charge in [0.1, 0.15) is 0 Å². The van der Waals surface area contributed by atoms with E-state index in [0.717, 1.165) is 5.56 Å². The Morgan fingerprint density at radius 1 is 1.40 bits per heavy atom.